The molecule has 6 heteroatoms. The molecule has 0 radical (unpaired) electrons. The first-order chi connectivity index (χ1) is 11.6. The van der Waals surface area contributed by atoms with E-state index in [1.54, 1.807) is 17.0 Å². The zero-order valence-corrected chi connectivity index (χ0v) is 15.4. The number of rotatable bonds is 8. The van der Waals surface area contributed by atoms with E-state index in [-0.39, 0.29) is 6.03 Å². The van der Waals surface area contributed by atoms with E-state index in [0.29, 0.717) is 24.2 Å². The van der Waals surface area contributed by atoms with Gasteiger partial charge in [-0.25, -0.2) is 4.79 Å². The van der Waals surface area contributed by atoms with Crippen LogP contribution in [0.1, 0.15) is 25.7 Å². The molecular formula is C18H28ClN3O2. The van der Waals surface area contributed by atoms with Crippen LogP contribution < -0.4 is 10.1 Å². The maximum atomic E-state index is 12.0. The highest BCUT2D eigenvalue weighted by Crippen LogP contribution is 2.17. The fourth-order valence-corrected chi connectivity index (χ4v) is 3.07. The zero-order valence-electron chi connectivity index (χ0n) is 14.6. The molecular weight excluding hydrogens is 326 g/mol. The molecule has 24 heavy (non-hydrogen) atoms. The molecule has 0 aliphatic carbocycles. The molecule has 1 N–H and O–H groups in total. The first-order valence-corrected chi connectivity index (χ1v) is 9.01. The largest absolute Gasteiger partial charge is 0.494 e. The molecule has 0 aromatic heterocycles. The third-order valence-corrected chi connectivity index (χ3v) is 4.74. The summed E-state index contributed by atoms with van der Waals surface area (Å²) in [5.41, 5.74) is 0. The van der Waals surface area contributed by atoms with Crippen LogP contribution in [0.3, 0.4) is 0 Å². The highest BCUT2D eigenvalue weighted by Gasteiger charge is 2.20. The van der Waals surface area contributed by atoms with Gasteiger partial charge >= 0.3 is 6.03 Å². The topological polar surface area (TPSA) is 44.8 Å². The number of likely N-dealkylation sites (tertiary alicyclic amines) is 1. The van der Waals surface area contributed by atoms with Gasteiger partial charge in [0.05, 0.1) is 6.61 Å². The second-order valence-electron chi connectivity index (χ2n) is 6.37. The van der Waals surface area contributed by atoms with Crippen molar-refractivity contribution in [1.82, 2.24) is 15.1 Å². The molecule has 1 heterocycles. The molecule has 0 bridgehead atoms. The lowest BCUT2D eigenvalue weighted by Crippen LogP contribution is -2.40. The summed E-state index contributed by atoms with van der Waals surface area (Å²) in [4.78, 5) is 16.1. The summed E-state index contributed by atoms with van der Waals surface area (Å²) in [6.45, 7) is 3.15. The molecule has 2 amide bonds. The molecule has 2 rings (SSSR count). The number of ether oxygens (including phenoxy) is 1. The molecule has 1 fully saturated rings. The summed E-state index contributed by atoms with van der Waals surface area (Å²) in [6.07, 6.45) is 4.32. The van der Waals surface area contributed by atoms with Crippen LogP contribution in [0.5, 0.6) is 5.75 Å². The third-order valence-electron chi connectivity index (χ3n) is 4.49. The van der Waals surface area contributed by atoms with Crippen molar-refractivity contribution in [1.29, 1.82) is 0 Å². The second-order valence-corrected chi connectivity index (χ2v) is 6.81. The molecule has 0 unspecified atom stereocenters. The van der Waals surface area contributed by atoms with Crippen LogP contribution in [0.15, 0.2) is 24.3 Å². The Labute approximate surface area is 149 Å². The minimum absolute atomic E-state index is 0.0119. The Morgan fingerprint density at radius 3 is 2.83 bits per heavy atom. The Hall–Kier alpha value is -1.46. The van der Waals surface area contributed by atoms with Crippen molar-refractivity contribution in [3.8, 4) is 5.75 Å². The van der Waals surface area contributed by atoms with Crippen LogP contribution in [-0.4, -0.2) is 62.2 Å². The average molecular weight is 354 g/mol. The number of carbonyl (C=O) groups is 1. The van der Waals surface area contributed by atoms with Gasteiger partial charge in [0.15, 0.2) is 0 Å². The average Bonchev–Trinajstić information content (AvgIpc) is 2.98. The lowest BCUT2D eigenvalue weighted by atomic mass is 10.1. The summed E-state index contributed by atoms with van der Waals surface area (Å²) >= 11 is 5.83. The molecule has 5 nitrogen and oxygen atoms in total. The van der Waals surface area contributed by atoms with Crippen LogP contribution in [0.4, 0.5) is 4.79 Å². The predicted molar refractivity (Wildman–Crippen MR) is 97.9 cm³/mol. The highest BCUT2D eigenvalue weighted by molar-refractivity contribution is 6.30. The van der Waals surface area contributed by atoms with Crippen molar-refractivity contribution >= 4 is 17.6 Å². The lowest BCUT2D eigenvalue weighted by Gasteiger charge is -2.21. The van der Waals surface area contributed by atoms with Crippen molar-refractivity contribution < 1.29 is 9.53 Å². The minimum atomic E-state index is -0.0119. The summed E-state index contributed by atoms with van der Waals surface area (Å²) in [6, 6.07) is 7.90. The van der Waals surface area contributed by atoms with Gasteiger partial charge < -0.3 is 19.9 Å². The quantitative estimate of drug-likeness (QED) is 0.730. The number of nitrogens with one attached hydrogen (secondary N) is 1. The van der Waals surface area contributed by atoms with E-state index in [4.69, 9.17) is 16.3 Å². The number of nitrogens with zero attached hydrogens (tertiary/aromatic N) is 2. The van der Waals surface area contributed by atoms with E-state index in [0.717, 1.165) is 25.1 Å². The number of amides is 2. The summed E-state index contributed by atoms with van der Waals surface area (Å²) in [5.74, 6) is 0.798. The Morgan fingerprint density at radius 2 is 2.17 bits per heavy atom. The van der Waals surface area contributed by atoms with Gasteiger partial charge in [0, 0.05) is 31.2 Å². The molecule has 1 atom stereocenters. The van der Waals surface area contributed by atoms with E-state index < -0.39 is 0 Å². The Kier molecular flexibility index (Phi) is 7.66. The smallest absolute Gasteiger partial charge is 0.317 e. The number of halogens is 1. The van der Waals surface area contributed by atoms with Crippen molar-refractivity contribution in [3.63, 3.8) is 0 Å². The number of hydrogen-bond acceptors (Lipinski definition) is 3. The standard InChI is InChI=1S/C18H28ClN3O2/c1-21-12-3-5-16(21)10-11-20-18(23)22(2)13-4-14-24-17-8-6-15(19)7-9-17/h6-9,16H,3-5,10-14H2,1-2H3,(H,20,23)/t16-/m1/s1. The van der Waals surface area contributed by atoms with Gasteiger partial charge in [-0.3, -0.25) is 0 Å². The maximum Gasteiger partial charge on any atom is 0.317 e. The molecule has 0 spiro atoms. The molecule has 1 aromatic carbocycles. The molecule has 0 saturated carbocycles. The molecule has 1 saturated heterocycles. The van der Waals surface area contributed by atoms with Crippen LogP contribution in [0.25, 0.3) is 0 Å². The fourth-order valence-electron chi connectivity index (χ4n) is 2.95. The van der Waals surface area contributed by atoms with Gasteiger partial charge in [-0.1, -0.05) is 11.6 Å². The van der Waals surface area contributed by atoms with Gasteiger partial charge in [0.1, 0.15) is 5.75 Å². The highest BCUT2D eigenvalue weighted by atomic mass is 35.5. The lowest BCUT2D eigenvalue weighted by molar-refractivity contribution is 0.201. The monoisotopic (exact) mass is 353 g/mol. The van der Waals surface area contributed by atoms with E-state index in [2.05, 4.69) is 17.3 Å². The summed E-state index contributed by atoms with van der Waals surface area (Å²) in [7, 11) is 3.98. The predicted octanol–water partition coefficient (Wildman–Crippen LogP) is 3.23. The van der Waals surface area contributed by atoms with Gasteiger partial charge in [-0.15, -0.1) is 0 Å². The van der Waals surface area contributed by atoms with E-state index in [1.807, 2.05) is 19.2 Å². The van der Waals surface area contributed by atoms with Crippen molar-refractivity contribution in [2.24, 2.45) is 0 Å². The molecule has 1 aromatic rings. The Morgan fingerprint density at radius 1 is 1.42 bits per heavy atom. The minimum Gasteiger partial charge on any atom is -0.494 e. The Bertz CT molecular complexity index is 509. The van der Waals surface area contributed by atoms with Gasteiger partial charge in [-0.2, -0.15) is 0 Å². The summed E-state index contributed by atoms with van der Waals surface area (Å²) in [5, 5.41) is 3.70. The van der Waals surface area contributed by atoms with E-state index in [9.17, 15) is 4.79 Å². The zero-order chi connectivity index (χ0) is 17.4. The van der Waals surface area contributed by atoms with Gasteiger partial charge in [-0.05, 0) is 63.5 Å². The SMILES string of the molecule is CN(CCCOc1ccc(Cl)cc1)C(=O)NCC[C@H]1CCCN1C. The second kappa shape index (κ2) is 9.74. The van der Waals surface area contributed by atoms with Crippen molar-refractivity contribution in [2.75, 3.05) is 40.3 Å². The third kappa shape index (κ3) is 6.21. The van der Waals surface area contributed by atoms with Crippen LogP contribution in [0.2, 0.25) is 5.02 Å². The number of benzene rings is 1. The number of carbonyl (C=O) groups excluding carboxylic acids is 1. The molecule has 1 aliphatic heterocycles. The number of urea groups is 1. The number of hydrogen-bond donors (Lipinski definition) is 1. The first kappa shape index (κ1) is 18.9. The van der Waals surface area contributed by atoms with Crippen LogP contribution in [-0.2, 0) is 0 Å². The normalized spacial score (nSPS) is 17.7. The van der Waals surface area contributed by atoms with Crippen molar-refractivity contribution in [3.05, 3.63) is 29.3 Å². The van der Waals surface area contributed by atoms with Crippen LogP contribution >= 0.6 is 11.6 Å². The van der Waals surface area contributed by atoms with E-state index >= 15 is 0 Å². The first-order valence-electron chi connectivity index (χ1n) is 8.64. The Balaban J connectivity index is 1.55. The van der Waals surface area contributed by atoms with E-state index in [1.165, 1.54) is 19.4 Å². The summed E-state index contributed by atoms with van der Waals surface area (Å²) < 4.78 is 5.63. The fraction of sp³-hybridized carbons (Fsp3) is 0.611. The maximum absolute atomic E-state index is 12.0. The van der Waals surface area contributed by atoms with Crippen molar-refractivity contribution in [2.45, 2.75) is 31.7 Å². The molecule has 1 aliphatic rings. The van der Waals surface area contributed by atoms with Gasteiger partial charge in [0.25, 0.3) is 0 Å². The van der Waals surface area contributed by atoms with Crippen LogP contribution in [0, 0.1) is 0 Å². The molecule has 134 valence electrons. The van der Waals surface area contributed by atoms with Gasteiger partial charge in [0.2, 0.25) is 0 Å².